The molecule has 0 aromatic carbocycles. The standard InChI is InChI=1S/C9H11NO3/c1-13-9(12)7-5-8(11)6-3-2-4-10(6)7/h5-6H,2-4H2,1H3/t6-/m0/s1. The van der Waals surface area contributed by atoms with Gasteiger partial charge in [-0.2, -0.15) is 0 Å². The molecule has 0 unspecified atom stereocenters. The van der Waals surface area contributed by atoms with Crippen LogP contribution in [0.25, 0.3) is 0 Å². The molecule has 0 aromatic rings. The van der Waals surface area contributed by atoms with Crippen molar-refractivity contribution in [2.75, 3.05) is 13.7 Å². The van der Waals surface area contributed by atoms with E-state index in [9.17, 15) is 9.59 Å². The second-order valence-electron chi connectivity index (χ2n) is 3.27. The zero-order valence-electron chi connectivity index (χ0n) is 7.45. The molecule has 0 N–H and O–H groups in total. The predicted molar refractivity (Wildman–Crippen MR) is 44.8 cm³/mol. The third kappa shape index (κ3) is 1.13. The maximum atomic E-state index is 11.4. The first-order valence-electron chi connectivity index (χ1n) is 4.34. The summed E-state index contributed by atoms with van der Waals surface area (Å²) in [6, 6.07) is -0.0888. The highest BCUT2D eigenvalue weighted by molar-refractivity contribution is 6.05. The van der Waals surface area contributed by atoms with Gasteiger partial charge in [-0.3, -0.25) is 4.79 Å². The van der Waals surface area contributed by atoms with E-state index in [2.05, 4.69) is 4.74 Å². The molecule has 0 saturated carbocycles. The molecular weight excluding hydrogens is 170 g/mol. The van der Waals surface area contributed by atoms with Crippen LogP contribution in [0.15, 0.2) is 11.8 Å². The number of nitrogens with zero attached hydrogens (tertiary/aromatic N) is 1. The van der Waals surface area contributed by atoms with Gasteiger partial charge in [0.15, 0.2) is 5.78 Å². The lowest BCUT2D eigenvalue weighted by Gasteiger charge is -2.18. The minimum absolute atomic E-state index is 0.0397. The molecule has 0 aromatic heterocycles. The summed E-state index contributed by atoms with van der Waals surface area (Å²) in [6.07, 6.45) is 3.23. The van der Waals surface area contributed by atoms with E-state index in [-0.39, 0.29) is 11.8 Å². The molecular formula is C9H11NO3. The van der Waals surface area contributed by atoms with Gasteiger partial charge >= 0.3 is 5.97 Å². The topological polar surface area (TPSA) is 46.6 Å². The van der Waals surface area contributed by atoms with Crippen LogP contribution in [0.1, 0.15) is 12.8 Å². The van der Waals surface area contributed by atoms with Crippen LogP contribution >= 0.6 is 0 Å². The van der Waals surface area contributed by atoms with Crippen LogP contribution in [0.4, 0.5) is 0 Å². The lowest BCUT2D eigenvalue weighted by atomic mass is 10.1. The summed E-state index contributed by atoms with van der Waals surface area (Å²) in [5.74, 6) is -0.365. The minimum atomic E-state index is -0.405. The van der Waals surface area contributed by atoms with E-state index in [1.165, 1.54) is 13.2 Å². The number of hydrogen-bond acceptors (Lipinski definition) is 4. The first-order valence-corrected chi connectivity index (χ1v) is 4.34. The fourth-order valence-corrected chi connectivity index (χ4v) is 1.95. The van der Waals surface area contributed by atoms with Crippen molar-refractivity contribution in [2.24, 2.45) is 0 Å². The van der Waals surface area contributed by atoms with Crippen molar-refractivity contribution in [3.8, 4) is 0 Å². The van der Waals surface area contributed by atoms with Crippen LogP contribution in [0.3, 0.4) is 0 Å². The van der Waals surface area contributed by atoms with Crippen molar-refractivity contribution >= 4 is 11.8 Å². The molecule has 1 atom stereocenters. The molecule has 2 aliphatic heterocycles. The average Bonchev–Trinajstić information content (AvgIpc) is 2.68. The maximum Gasteiger partial charge on any atom is 0.354 e. The highest BCUT2D eigenvalue weighted by atomic mass is 16.5. The molecule has 1 fully saturated rings. The third-order valence-electron chi connectivity index (χ3n) is 2.56. The Morgan fingerprint density at radius 3 is 3.15 bits per heavy atom. The zero-order valence-corrected chi connectivity index (χ0v) is 7.45. The van der Waals surface area contributed by atoms with Gasteiger partial charge in [0.25, 0.3) is 0 Å². The molecule has 0 radical (unpaired) electrons. The first-order chi connectivity index (χ1) is 6.24. The molecule has 70 valence electrons. The quantitative estimate of drug-likeness (QED) is 0.538. The summed E-state index contributed by atoms with van der Waals surface area (Å²) >= 11 is 0. The number of carbonyl (C=O) groups is 2. The minimum Gasteiger partial charge on any atom is -0.464 e. The summed E-state index contributed by atoms with van der Waals surface area (Å²) in [4.78, 5) is 24.4. The molecule has 2 heterocycles. The Balaban J connectivity index is 2.25. The predicted octanol–water partition coefficient (Wildman–Crippen LogP) is 0.0904. The largest absolute Gasteiger partial charge is 0.464 e. The molecule has 4 heteroatoms. The van der Waals surface area contributed by atoms with Gasteiger partial charge in [0.05, 0.1) is 13.2 Å². The Labute approximate surface area is 76.2 Å². The van der Waals surface area contributed by atoms with Crippen molar-refractivity contribution in [3.63, 3.8) is 0 Å². The molecule has 0 aliphatic carbocycles. The van der Waals surface area contributed by atoms with E-state index in [1.54, 1.807) is 0 Å². The molecule has 2 rings (SSSR count). The Kier molecular flexibility index (Phi) is 1.83. The zero-order chi connectivity index (χ0) is 9.42. The number of ether oxygens (including phenoxy) is 1. The summed E-state index contributed by atoms with van der Waals surface area (Å²) < 4.78 is 4.59. The second-order valence-corrected chi connectivity index (χ2v) is 3.27. The second kappa shape index (κ2) is 2.87. The molecule has 13 heavy (non-hydrogen) atoms. The van der Waals surface area contributed by atoms with Crippen LogP contribution in [0.2, 0.25) is 0 Å². The molecule has 0 spiro atoms. The van der Waals surface area contributed by atoms with Crippen molar-refractivity contribution in [1.29, 1.82) is 0 Å². The van der Waals surface area contributed by atoms with Gasteiger partial charge in [-0.25, -0.2) is 4.79 Å². The third-order valence-corrected chi connectivity index (χ3v) is 2.56. The summed E-state index contributed by atoms with van der Waals surface area (Å²) in [7, 11) is 1.33. The van der Waals surface area contributed by atoms with Gasteiger partial charge in [0.1, 0.15) is 5.70 Å². The molecule has 0 bridgehead atoms. The van der Waals surface area contributed by atoms with E-state index in [0.717, 1.165) is 19.4 Å². The molecule has 2 aliphatic rings. The van der Waals surface area contributed by atoms with Crippen molar-refractivity contribution in [2.45, 2.75) is 18.9 Å². The first kappa shape index (κ1) is 8.29. The van der Waals surface area contributed by atoms with Gasteiger partial charge in [0.2, 0.25) is 0 Å². The summed E-state index contributed by atoms with van der Waals surface area (Å²) in [6.45, 7) is 0.789. The van der Waals surface area contributed by atoms with Gasteiger partial charge in [-0.15, -0.1) is 0 Å². The summed E-state index contributed by atoms with van der Waals surface area (Å²) in [5, 5.41) is 0. The van der Waals surface area contributed by atoms with Gasteiger partial charge in [0, 0.05) is 12.6 Å². The Morgan fingerprint density at radius 1 is 1.69 bits per heavy atom. The number of ketones is 1. The summed E-state index contributed by atoms with van der Waals surface area (Å²) in [5.41, 5.74) is 0.426. The SMILES string of the molecule is COC(=O)C1=CC(=O)[C@@H]2CCCN12. The van der Waals surface area contributed by atoms with Gasteiger partial charge in [-0.05, 0) is 12.8 Å². The van der Waals surface area contributed by atoms with E-state index >= 15 is 0 Å². The van der Waals surface area contributed by atoms with Gasteiger partial charge < -0.3 is 9.64 Å². The monoisotopic (exact) mass is 181 g/mol. The number of methoxy groups -OCH3 is 1. The number of rotatable bonds is 1. The Hall–Kier alpha value is -1.32. The highest BCUT2D eigenvalue weighted by Gasteiger charge is 2.39. The average molecular weight is 181 g/mol. The van der Waals surface area contributed by atoms with Crippen LogP contribution in [-0.4, -0.2) is 36.3 Å². The smallest absolute Gasteiger partial charge is 0.354 e. The van der Waals surface area contributed by atoms with Gasteiger partial charge in [-0.1, -0.05) is 0 Å². The number of fused-ring (bicyclic) bond motifs is 1. The fraction of sp³-hybridized carbons (Fsp3) is 0.556. The molecule has 4 nitrogen and oxygen atoms in total. The fourth-order valence-electron chi connectivity index (χ4n) is 1.95. The van der Waals surface area contributed by atoms with Crippen molar-refractivity contribution < 1.29 is 14.3 Å². The van der Waals surface area contributed by atoms with E-state index in [1.807, 2.05) is 4.90 Å². The van der Waals surface area contributed by atoms with E-state index in [0.29, 0.717) is 5.70 Å². The van der Waals surface area contributed by atoms with E-state index < -0.39 is 5.97 Å². The highest BCUT2D eigenvalue weighted by Crippen LogP contribution is 2.29. The van der Waals surface area contributed by atoms with Crippen molar-refractivity contribution in [3.05, 3.63) is 11.8 Å². The van der Waals surface area contributed by atoms with Crippen LogP contribution < -0.4 is 0 Å². The molecule has 0 amide bonds. The molecule has 1 saturated heterocycles. The maximum absolute atomic E-state index is 11.4. The lowest BCUT2D eigenvalue weighted by Crippen LogP contribution is -2.30. The number of hydrogen-bond donors (Lipinski definition) is 0. The lowest BCUT2D eigenvalue weighted by molar-refractivity contribution is -0.137. The number of carbonyl (C=O) groups excluding carboxylic acids is 2. The normalized spacial score (nSPS) is 25.9. The Bertz CT molecular complexity index is 295. The van der Waals surface area contributed by atoms with Crippen molar-refractivity contribution in [1.82, 2.24) is 4.90 Å². The van der Waals surface area contributed by atoms with Crippen LogP contribution in [0.5, 0.6) is 0 Å². The Morgan fingerprint density at radius 2 is 2.46 bits per heavy atom. The van der Waals surface area contributed by atoms with Crippen LogP contribution in [0, 0.1) is 0 Å². The van der Waals surface area contributed by atoms with E-state index in [4.69, 9.17) is 0 Å². The number of esters is 1. The van der Waals surface area contributed by atoms with Crippen LogP contribution in [-0.2, 0) is 14.3 Å².